The summed E-state index contributed by atoms with van der Waals surface area (Å²) >= 11 is 3.42. The second-order valence-corrected chi connectivity index (χ2v) is 5.75. The van der Waals surface area contributed by atoms with Gasteiger partial charge in [0.2, 0.25) is 0 Å². The van der Waals surface area contributed by atoms with Gasteiger partial charge in [-0.3, -0.25) is 0 Å². The Labute approximate surface area is 121 Å². The summed E-state index contributed by atoms with van der Waals surface area (Å²) in [6.07, 6.45) is 1.47. The van der Waals surface area contributed by atoms with Gasteiger partial charge in [0, 0.05) is 4.47 Å². The van der Waals surface area contributed by atoms with E-state index >= 15 is 0 Å². The highest BCUT2D eigenvalue weighted by atomic mass is 79.9. The van der Waals surface area contributed by atoms with E-state index in [9.17, 15) is 5.11 Å². The SMILES string of the molecule is O[C@@H]1CCc2cc(OCc3ccc(Br)cc3)ccc21. The van der Waals surface area contributed by atoms with Crippen molar-refractivity contribution in [3.8, 4) is 5.75 Å². The maximum atomic E-state index is 9.76. The third-order valence-electron chi connectivity index (χ3n) is 3.48. The number of hydrogen-bond donors (Lipinski definition) is 1. The molecule has 2 nitrogen and oxygen atoms in total. The molecule has 0 radical (unpaired) electrons. The van der Waals surface area contributed by atoms with E-state index < -0.39 is 0 Å². The summed E-state index contributed by atoms with van der Waals surface area (Å²) < 4.78 is 6.87. The molecule has 19 heavy (non-hydrogen) atoms. The highest BCUT2D eigenvalue weighted by molar-refractivity contribution is 9.10. The first-order valence-corrected chi connectivity index (χ1v) is 7.20. The van der Waals surface area contributed by atoms with Gasteiger partial charge in [-0.15, -0.1) is 0 Å². The molecule has 1 aliphatic rings. The molecular weight excluding hydrogens is 304 g/mol. The van der Waals surface area contributed by atoms with Crippen LogP contribution in [0.2, 0.25) is 0 Å². The molecule has 3 rings (SSSR count). The van der Waals surface area contributed by atoms with Gasteiger partial charge >= 0.3 is 0 Å². The lowest BCUT2D eigenvalue weighted by Gasteiger charge is -2.09. The summed E-state index contributed by atoms with van der Waals surface area (Å²) in [4.78, 5) is 0. The van der Waals surface area contributed by atoms with Crippen LogP contribution in [0.1, 0.15) is 29.2 Å². The Morgan fingerprint density at radius 1 is 1.16 bits per heavy atom. The van der Waals surface area contributed by atoms with E-state index in [1.54, 1.807) is 0 Å². The van der Waals surface area contributed by atoms with E-state index in [2.05, 4.69) is 15.9 Å². The number of ether oxygens (including phenoxy) is 1. The van der Waals surface area contributed by atoms with Crippen molar-refractivity contribution in [3.63, 3.8) is 0 Å². The van der Waals surface area contributed by atoms with Crippen LogP contribution in [0.5, 0.6) is 5.75 Å². The minimum absolute atomic E-state index is 0.296. The number of aliphatic hydroxyl groups excluding tert-OH is 1. The topological polar surface area (TPSA) is 29.5 Å². The molecule has 0 unspecified atom stereocenters. The Bertz CT molecular complexity index is 578. The Morgan fingerprint density at radius 2 is 1.95 bits per heavy atom. The molecule has 0 spiro atoms. The maximum Gasteiger partial charge on any atom is 0.120 e. The lowest BCUT2D eigenvalue weighted by atomic mass is 10.1. The van der Waals surface area contributed by atoms with Crippen molar-refractivity contribution in [2.24, 2.45) is 0 Å². The summed E-state index contributed by atoms with van der Waals surface area (Å²) in [5.41, 5.74) is 3.40. The van der Waals surface area contributed by atoms with Gasteiger partial charge in [-0.2, -0.15) is 0 Å². The van der Waals surface area contributed by atoms with Crippen LogP contribution in [-0.4, -0.2) is 5.11 Å². The summed E-state index contributed by atoms with van der Waals surface area (Å²) in [5, 5.41) is 9.76. The average Bonchev–Trinajstić information content (AvgIpc) is 2.79. The number of hydrogen-bond acceptors (Lipinski definition) is 2. The highest BCUT2D eigenvalue weighted by Gasteiger charge is 2.20. The largest absolute Gasteiger partial charge is 0.489 e. The van der Waals surface area contributed by atoms with Crippen LogP contribution >= 0.6 is 15.9 Å². The Hall–Kier alpha value is -1.32. The summed E-state index contributed by atoms with van der Waals surface area (Å²) in [7, 11) is 0. The van der Waals surface area contributed by atoms with Crippen LogP contribution in [0.15, 0.2) is 46.9 Å². The highest BCUT2D eigenvalue weighted by Crippen LogP contribution is 2.33. The molecule has 1 atom stereocenters. The molecule has 0 heterocycles. The van der Waals surface area contributed by atoms with Crippen molar-refractivity contribution < 1.29 is 9.84 Å². The molecular formula is C16H15BrO2. The second kappa shape index (κ2) is 5.35. The van der Waals surface area contributed by atoms with Gasteiger partial charge in [-0.05, 0) is 53.8 Å². The zero-order valence-electron chi connectivity index (χ0n) is 10.5. The van der Waals surface area contributed by atoms with E-state index in [0.717, 1.165) is 34.2 Å². The van der Waals surface area contributed by atoms with Gasteiger partial charge in [-0.1, -0.05) is 34.1 Å². The van der Waals surface area contributed by atoms with Crippen molar-refractivity contribution in [1.29, 1.82) is 0 Å². The lowest BCUT2D eigenvalue weighted by Crippen LogP contribution is -1.96. The molecule has 2 aromatic carbocycles. The summed E-state index contributed by atoms with van der Waals surface area (Å²) in [6, 6.07) is 14.1. The number of aliphatic hydroxyl groups is 1. The maximum absolute atomic E-state index is 9.76. The third-order valence-corrected chi connectivity index (χ3v) is 4.01. The number of halogens is 1. The van der Waals surface area contributed by atoms with E-state index in [4.69, 9.17) is 4.74 Å². The quantitative estimate of drug-likeness (QED) is 0.926. The fourth-order valence-electron chi connectivity index (χ4n) is 2.41. The predicted molar refractivity (Wildman–Crippen MR) is 78.2 cm³/mol. The first kappa shape index (κ1) is 12.7. The zero-order valence-corrected chi connectivity index (χ0v) is 12.1. The molecule has 0 fully saturated rings. The van der Waals surface area contributed by atoms with Crippen LogP contribution in [0.4, 0.5) is 0 Å². The third kappa shape index (κ3) is 2.82. The number of benzene rings is 2. The number of fused-ring (bicyclic) bond motifs is 1. The normalized spacial score (nSPS) is 17.3. The predicted octanol–water partition coefficient (Wildman–Crippen LogP) is 4.01. The van der Waals surface area contributed by atoms with E-state index in [-0.39, 0.29) is 6.10 Å². The molecule has 1 N–H and O–H groups in total. The summed E-state index contributed by atoms with van der Waals surface area (Å²) in [6.45, 7) is 0.564. The smallest absolute Gasteiger partial charge is 0.120 e. The molecule has 98 valence electrons. The van der Waals surface area contributed by atoms with Crippen molar-refractivity contribution in [3.05, 3.63) is 63.6 Å². The Kier molecular flexibility index (Phi) is 3.58. The molecule has 0 amide bonds. The van der Waals surface area contributed by atoms with Crippen molar-refractivity contribution in [2.45, 2.75) is 25.6 Å². The van der Waals surface area contributed by atoms with Gasteiger partial charge in [0.1, 0.15) is 12.4 Å². The molecule has 0 aromatic heterocycles. The summed E-state index contributed by atoms with van der Waals surface area (Å²) in [5.74, 6) is 0.871. The van der Waals surface area contributed by atoms with Crippen molar-refractivity contribution in [1.82, 2.24) is 0 Å². The number of aryl methyl sites for hydroxylation is 1. The molecule has 1 aliphatic carbocycles. The van der Waals surface area contributed by atoms with Crippen LogP contribution in [0.25, 0.3) is 0 Å². The van der Waals surface area contributed by atoms with Gasteiger partial charge < -0.3 is 9.84 Å². The minimum Gasteiger partial charge on any atom is -0.489 e. The van der Waals surface area contributed by atoms with Crippen LogP contribution in [0.3, 0.4) is 0 Å². The molecule has 0 aliphatic heterocycles. The fraction of sp³-hybridized carbons (Fsp3) is 0.250. The van der Waals surface area contributed by atoms with Crippen LogP contribution in [0, 0.1) is 0 Å². The second-order valence-electron chi connectivity index (χ2n) is 4.83. The molecule has 0 saturated heterocycles. The Balaban J connectivity index is 1.69. The molecule has 0 bridgehead atoms. The lowest BCUT2D eigenvalue weighted by molar-refractivity contribution is 0.180. The van der Waals surface area contributed by atoms with Gasteiger partial charge in [0.15, 0.2) is 0 Å². The van der Waals surface area contributed by atoms with Crippen LogP contribution in [-0.2, 0) is 13.0 Å². The Morgan fingerprint density at radius 3 is 2.74 bits per heavy atom. The van der Waals surface area contributed by atoms with Crippen molar-refractivity contribution >= 4 is 15.9 Å². The van der Waals surface area contributed by atoms with Gasteiger partial charge in [0.25, 0.3) is 0 Å². The van der Waals surface area contributed by atoms with E-state index in [1.165, 1.54) is 5.56 Å². The average molecular weight is 319 g/mol. The van der Waals surface area contributed by atoms with Gasteiger partial charge in [0.05, 0.1) is 6.10 Å². The molecule has 0 saturated carbocycles. The first-order valence-electron chi connectivity index (χ1n) is 6.40. The van der Waals surface area contributed by atoms with Crippen LogP contribution < -0.4 is 4.74 Å². The molecule has 3 heteroatoms. The monoisotopic (exact) mass is 318 g/mol. The zero-order chi connectivity index (χ0) is 13.2. The van der Waals surface area contributed by atoms with E-state index in [1.807, 2.05) is 42.5 Å². The fourth-order valence-corrected chi connectivity index (χ4v) is 2.67. The van der Waals surface area contributed by atoms with E-state index in [0.29, 0.717) is 6.61 Å². The minimum atomic E-state index is -0.296. The standard InChI is InChI=1S/C16H15BrO2/c17-13-4-1-11(2-5-13)10-19-14-6-7-15-12(9-14)3-8-16(15)18/h1-2,4-7,9,16,18H,3,8,10H2/t16-/m1/s1. The molecule has 2 aromatic rings. The van der Waals surface area contributed by atoms with Gasteiger partial charge in [-0.25, -0.2) is 0 Å². The first-order chi connectivity index (χ1) is 9.22. The number of rotatable bonds is 3. The van der Waals surface area contributed by atoms with Crippen molar-refractivity contribution in [2.75, 3.05) is 0 Å².